The lowest BCUT2D eigenvalue weighted by Crippen LogP contribution is -2.29. The molecule has 6 nitrogen and oxygen atoms in total. The molecule has 0 radical (unpaired) electrons. The zero-order chi connectivity index (χ0) is 18.9. The number of aryl methyl sites for hydroxylation is 1. The number of anilines is 2. The summed E-state index contributed by atoms with van der Waals surface area (Å²) in [5.41, 5.74) is 2.06. The number of rotatable bonds is 7. The van der Waals surface area contributed by atoms with Gasteiger partial charge in [-0.2, -0.15) is 0 Å². The summed E-state index contributed by atoms with van der Waals surface area (Å²) in [5, 5.41) is 5.23. The van der Waals surface area contributed by atoms with Gasteiger partial charge in [0.2, 0.25) is 0 Å². The molecule has 0 saturated carbocycles. The largest absolute Gasteiger partial charge is 0.490 e. The molecule has 0 unspecified atom stereocenters. The van der Waals surface area contributed by atoms with Gasteiger partial charge in [0.05, 0.1) is 13.2 Å². The highest BCUT2D eigenvalue weighted by molar-refractivity contribution is 6.43. The highest BCUT2D eigenvalue weighted by atomic mass is 16.5. The van der Waals surface area contributed by atoms with E-state index in [1.165, 1.54) is 0 Å². The zero-order valence-electron chi connectivity index (χ0n) is 15.3. The molecular formula is C20H24N2O4. The van der Waals surface area contributed by atoms with Gasteiger partial charge < -0.3 is 20.1 Å². The molecule has 2 amide bonds. The predicted octanol–water partition coefficient (Wildman–Crippen LogP) is 3.62. The summed E-state index contributed by atoms with van der Waals surface area (Å²) < 4.78 is 11.0. The normalized spacial score (nSPS) is 10.1. The quantitative estimate of drug-likeness (QED) is 0.743. The highest BCUT2D eigenvalue weighted by Crippen LogP contribution is 2.30. The van der Waals surface area contributed by atoms with Gasteiger partial charge in [-0.3, -0.25) is 9.59 Å². The van der Waals surface area contributed by atoms with Crippen LogP contribution in [0.4, 0.5) is 11.4 Å². The van der Waals surface area contributed by atoms with E-state index in [9.17, 15) is 9.59 Å². The number of ether oxygens (including phenoxy) is 2. The first-order valence-corrected chi connectivity index (χ1v) is 8.68. The average molecular weight is 356 g/mol. The molecule has 0 aromatic heterocycles. The fourth-order valence-electron chi connectivity index (χ4n) is 2.45. The molecule has 2 N–H and O–H groups in total. The van der Waals surface area contributed by atoms with E-state index in [0.717, 1.165) is 12.0 Å². The second-order valence-corrected chi connectivity index (χ2v) is 5.45. The Morgan fingerprint density at radius 2 is 1.50 bits per heavy atom. The van der Waals surface area contributed by atoms with Crippen LogP contribution in [0.5, 0.6) is 11.5 Å². The fraction of sp³-hybridized carbons (Fsp3) is 0.300. The number of para-hydroxylation sites is 1. The fourth-order valence-corrected chi connectivity index (χ4v) is 2.45. The number of carbonyl (C=O) groups excluding carboxylic acids is 2. The first kappa shape index (κ1) is 19.3. The van der Waals surface area contributed by atoms with Crippen molar-refractivity contribution in [3.63, 3.8) is 0 Å². The van der Waals surface area contributed by atoms with Crippen LogP contribution >= 0.6 is 0 Å². The van der Waals surface area contributed by atoms with Gasteiger partial charge in [0.15, 0.2) is 11.5 Å². The second kappa shape index (κ2) is 9.46. The van der Waals surface area contributed by atoms with Crippen LogP contribution in [-0.2, 0) is 16.0 Å². The first-order chi connectivity index (χ1) is 12.6. The van der Waals surface area contributed by atoms with E-state index < -0.39 is 11.8 Å². The molecule has 0 aliphatic heterocycles. The Kier molecular flexibility index (Phi) is 7.02. The van der Waals surface area contributed by atoms with Crippen LogP contribution in [0.2, 0.25) is 0 Å². The van der Waals surface area contributed by atoms with E-state index in [0.29, 0.717) is 36.1 Å². The number of hydrogen-bond acceptors (Lipinski definition) is 4. The van der Waals surface area contributed by atoms with E-state index in [4.69, 9.17) is 9.47 Å². The van der Waals surface area contributed by atoms with Gasteiger partial charge in [-0.15, -0.1) is 0 Å². The van der Waals surface area contributed by atoms with Crippen molar-refractivity contribution >= 4 is 23.2 Å². The SMILES string of the molecule is CCOc1ccc(NC(=O)C(=O)Nc2ccccc2CC)cc1OCC. The number of carbonyl (C=O) groups is 2. The lowest BCUT2D eigenvalue weighted by molar-refractivity contribution is -0.133. The summed E-state index contributed by atoms with van der Waals surface area (Å²) in [6, 6.07) is 12.4. The number of hydrogen-bond donors (Lipinski definition) is 2. The Labute approximate surface area is 153 Å². The maximum absolute atomic E-state index is 12.2. The van der Waals surface area contributed by atoms with Gasteiger partial charge in [0, 0.05) is 17.4 Å². The van der Waals surface area contributed by atoms with Crippen molar-refractivity contribution < 1.29 is 19.1 Å². The van der Waals surface area contributed by atoms with Crippen LogP contribution in [0.25, 0.3) is 0 Å². The summed E-state index contributed by atoms with van der Waals surface area (Å²) in [6.45, 7) is 6.69. The second-order valence-electron chi connectivity index (χ2n) is 5.45. The van der Waals surface area contributed by atoms with E-state index in [-0.39, 0.29) is 0 Å². The van der Waals surface area contributed by atoms with Crippen molar-refractivity contribution in [2.24, 2.45) is 0 Å². The van der Waals surface area contributed by atoms with Crippen molar-refractivity contribution in [2.45, 2.75) is 27.2 Å². The van der Waals surface area contributed by atoms with Gasteiger partial charge in [-0.25, -0.2) is 0 Å². The van der Waals surface area contributed by atoms with Crippen molar-refractivity contribution in [2.75, 3.05) is 23.8 Å². The highest BCUT2D eigenvalue weighted by Gasteiger charge is 2.16. The topological polar surface area (TPSA) is 76.7 Å². The van der Waals surface area contributed by atoms with Crippen LogP contribution in [-0.4, -0.2) is 25.0 Å². The van der Waals surface area contributed by atoms with E-state index in [1.54, 1.807) is 24.3 Å². The van der Waals surface area contributed by atoms with Crippen molar-refractivity contribution in [1.29, 1.82) is 0 Å². The Morgan fingerprint density at radius 3 is 2.19 bits per heavy atom. The van der Waals surface area contributed by atoms with Gasteiger partial charge in [0.1, 0.15) is 0 Å². The van der Waals surface area contributed by atoms with Crippen LogP contribution < -0.4 is 20.1 Å². The molecule has 138 valence electrons. The van der Waals surface area contributed by atoms with E-state index >= 15 is 0 Å². The molecule has 2 aromatic rings. The Balaban J connectivity index is 2.08. The smallest absolute Gasteiger partial charge is 0.314 e. The lowest BCUT2D eigenvalue weighted by Gasteiger charge is -2.13. The average Bonchev–Trinajstić information content (AvgIpc) is 2.64. The van der Waals surface area contributed by atoms with Gasteiger partial charge in [-0.1, -0.05) is 25.1 Å². The van der Waals surface area contributed by atoms with Crippen LogP contribution in [0.1, 0.15) is 26.3 Å². The maximum Gasteiger partial charge on any atom is 0.314 e. The van der Waals surface area contributed by atoms with Gasteiger partial charge >= 0.3 is 11.8 Å². The first-order valence-electron chi connectivity index (χ1n) is 8.68. The summed E-state index contributed by atoms with van der Waals surface area (Å²) in [7, 11) is 0. The minimum Gasteiger partial charge on any atom is -0.490 e. The lowest BCUT2D eigenvalue weighted by atomic mass is 10.1. The molecular weight excluding hydrogens is 332 g/mol. The molecule has 2 aromatic carbocycles. The summed E-state index contributed by atoms with van der Waals surface area (Å²) >= 11 is 0. The summed E-state index contributed by atoms with van der Waals surface area (Å²) in [4.78, 5) is 24.4. The van der Waals surface area contributed by atoms with Crippen LogP contribution in [0.3, 0.4) is 0 Å². The molecule has 2 rings (SSSR count). The Hall–Kier alpha value is -3.02. The Bertz CT molecular complexity index is 774. The van der Waals surface area contributed by atoms with Crippen molar-refractivity contribution in [3.05, 3.63) is 48.0 Å². The van der Waals surface area contributed by atoms with Crippen molar-refractivity contribution in [3.8, 4) is 11.5 Å². The summed E-state index contributed by atoms with van der Waals surface area (Å²) in [6.07, 6.45) is 0.759. The third kappa shape index (κ3) is 4.99. The molecule has 0 heterocycles. The standard InChI is InChI=1S/C20H24N2O4/c1-4-14-9-7-8-10-16(14)22-20(24)19(23)21-15-11-12-17(25-5-2)18(13-15)26-6-3/h7-13H,4-6H2,1-3H3,(H,21,23)(H,22,24). The molecule has 0 aliphatic carbocycles. The van der Waals surface area contributed by atoms with E-state index in [1.807, 2.05) is 39.0 Å². The molecule has 0 atom stereocenters. The molecule has 0 aliphatic rings. The maximum atomic E-state index is 12.2. The zero-order valence-corrected chi connectivity index (χ0v) is 15.3. The van der Waals surface area contributed by atoms with Gasteiger partial charge in [-0.05, 0) is 44.0 Å². The molecule has 6 heteroatoms. The molecule has 0 spiro atoms. The van der Waals surface area contributed by atoms with Crippen LogP contribution in [0.15, 0.2) is 42.5 Å². The van der Waals surface area contributed by atoms with E-state index in [2.05, 4.69) is 10.6 Å². The monoisotopic (exact) mass is 356 g/mol. The number of benzene rings is 2. The molecule has 0 bridgehead atoms. The molecule has 0 fully saturated rings. The third-order valence-corrected chi connectivity index (χ3v) is 3.65. The minimum absolute atomic E-state index is 0.459. The van der Waals surface area contributed by atoms with Crippen molar-refractivity contribution in [1.82, 2.24) is 0 Å². The predicted molar refractivity (Wildman–Crippen MR) is 102 cm³/mol. The minimum atomic E-state index is -0.748. The summed E-state index contributed by atoms with van der Waals surface area (Å²) in [5.74, 6) is -0.363. The number of amides is 2. The van der Waals surface area contributed by atoms with Crippen LogP contribution in [0, 0.1) is 0 Å². The third-order valence-electron chi connectivity index (χ3n) is 3.65. The molecule has 0 saturated heterocycles. The molecule has 26 heavy (non-hydrogen) atoms. The Morgan fingerprint density at radius 1 is 0.846 bits per heavy atom. The number of nitrogens with one attached hydrogen (secondary N) is 2. The van der Waals surface area contributed by atoms with Gasteiger partial charge in [0.25, 0.3) is 0 Å².